The Bertz CT molecular complexity index is 1410. The van der Waals surface area contributed by atoms with Crippen molar-refractivity contribution < 1.29 is 13.7 Å². The van der Waals surface area contributed by atoms with E-state index in [1.54, 1.807) is 0 Å². The maximum Gasteiger partial charge on any atom is 0.215 e. The van der Waals surface area contributed by atoms with Crippen LogP contribution in [0.4, 0.5) is 5.82 Å². The summed E-state index contributed by atoms with van der Waals surface area (Å²) in [5, 5.41) is 0.927. The normalized spacial score (nSPS) is 28.5. The van der Waals surface area contributed by atoms with Gasteiger partial charge in [0.1, 0.15) is 11.5 Å². The van der Waals surface area contributed by atoms with E-state index in [1.165, 1.54) is 0 Å². The van der Waals surface area contributed by atoms with Crippen LogP contribution < -0.4 is 9.64 Å². The maximum absolute atomic E-state index is 14.3. The van der Waals surface area contributed by atoms with Gasteiger partial charge in [0.2, 0.25) is 5.88 Å². The molecule has 2 unspecified atom stereocenters. The zero-order valence-corrected chi connectivity index (χ0v) is 22.0. The summed E-state index contributed by atoms with van der Waals surface area (Å²) in [6.45, 7) is 8.73. The Labute approximate surface area is 212 Å². The van der Waals surface area contributed by atoms with Crippen LogP contribution in [0.5, 0.6) is 5.88 Å². The largest absolute Gasteiger partial charge is 0.478 e. The molecule has 2 aliphatic heterocycles. The van der Waals surface area contributed by atoms with E-state index in [1.807, 2.05) is 25.3 Å². The number of nitrogens with zero attached hydrogens (tertiary/aromatic N) is 5. The Morgan fingerprint density at radius 2 is 2.17 bits per heavy atom. The van der Waals surface area contributed by atoms with E-state index in [-0.39, 0.29) is 12.1 Å². The molecular formula is C26H34N6O3S. The number of nitrogens with one attached hydrogen (secondary N) is 1. The summed E-state index contributed by atoms with van der Waals surface area (Å²) in [6, 6.07) is 6.37. The summed E-state index contributed by atoms with van der Waals surface area (Å²) >= 11 is 0. The number of fused-ring (bicyclic) bond motifs is 1. The molecule has 0 spiro atoms. The van der Waals surface area contributed by atoms with Crippen molar-refractivity contribution in [3.8, 4) is 17.3 Å². The molecule has 192 valence electrons. The Kier molecular flexibility index (Phi) is 5.91. The van der Waals surface area contributed by atoms with E-state index in [0.717, 1.165) is 60.3 Å². The third-order valence-corrected chi connectivity index (χ3v) is 10.9. The number of rotatable bonds is 6. The first kappa shape index (κ1) is 23.7. The molecule has 3 fully saturated rings. The number of ether oxygens (including phenoxy) is 2. The number of H-pyrrole nitrogens is 1. The third-order valence-electron chi connectivity index (χ3n) is 7.60. The lowest BCUT2D eigenvalue weighted by Gasteiger charge is -2.35. The number of aromatic amines is 1. The number of morpholine rings is 1. The molecule has 0 amide bonds. The maximum atomic E-state index is 14.3. The Morgan fingerprint density at radius 1 is 1.31 bits per heavy atom. The minimum atomic E-state index is -2.44. The number of aromatic nitrogens is 4. The van der Waals surface area contributed by atoms with Crippen LogP contribution in [0.1, 0.15) is 52.1 Å². The fourth-order valence-electron chi connectivity index (χ4n) is 5.33. The molecule has 1 saturated carbocycles. The molecule has 3 atom stereocenters. The summed E-state index contributed by atoms with van der Waals surface area (Å²) in [6.07, 6.45) is 5.64. The van der Waals surface area contributed by atoms with E-state index in [2.05, 4.69) is 34.8 Å². The first-order valence-electron chi connectivity index (χ1n) is 13.0. The van der Waals surface area contributed by atoms with Crippen molar-refractivity contribution in [1.29, 1.82) is 0 Å². The van der Waals surface area contributed by atoms with Crippen molar-refractivity contribution in [2.45, 2.75) is 63.3 Å². The van der Waals surface area contributed by atoms with Crippen LogP contribution in [0, 0.1) is 0 Å². The van der Waals surface area contributed by atoms with Gasteiger partial charge in [0, 0.05) is 41.6 Å². The molecule has 2 saturated heterocycles. The Balaban J connectivity index is 1.56. The van der Waals surface area contributed by atoms with Gasteiger partial charge in [-0.2, -0.15) is 4.98 Å². The highest BCUT2D eigenvalue weighted by Gasteiger charge is 2.46. The van der Waals surface area contributed by atoms with Crippen LogP contribution in [0.15, 0.2) is 28.8 Å². The molecule has 5 heterocycles. The van der Waals surface area contributed by atoms with Crippen molar-refractivity contribution in [2.75, 3.05) is 37.0 Å². The first-order chi connectivity index (χ1) is 17.4. The molecule has 3 aromatic heterocycles. The van der Waals surface area contributed by atoms with Gasteiger partial charge in [0.05, 0.1) is 52.1 Å². The molecule has 1 N–H and O–H groups in total. The van der Waals surface area contributed by atoms with E-state index in [0.29, 0.717) is 37.3 Å². The topological polar surface area (TPSA) is 106 Å². The second kappa shape index (κ2) is 8.99. The Hall–Kier alpha value is -2.72. The van der Waals surface area contributed by atoms with Gasteiger partial charge in [0.15, 0.2) is 5.82 Å². The molecule has 36 heavy (non-hydrogen) atoms. The summed E-state index contributed by atoms with van der Waals surface area (Å²) in [5.74, 6) is 2.59. The number of hydrogen-bond acceptors (Lipinski definition) is 8. The number of hydrogen-bond donors (Lipinski definition) is 1. The predicted octanol–water partition coefficient (Wildman–Crippen LogP) is 4.28. The highest BCUT2D eigenvalue weighted by molar-refractivity contribution is 7.94. The molecule has 3 aliphatic rings. The zero-order valence-electron chi connectivity index (χ0n) is 21.2. The van der Waals surface area contributed by atoms with E-state index >= 15 is 0 Å². The van der Waals surface area contributed by atoms with Crippen LogP contribution >= 0.6 is 0 Å². The fraction of sp³-hybridized carbons (Fsp3) is 0.577. The molecular weight excluding hydrogens is 476 g/mol. The second-order valence-corrected chi connectivity index (χ2v) is 13.0. The standard InChI is InChI=1S/C26H34N6O3S/c1-4-35-23-14-20(19-8-10-27-24(19)30-23)25-28-21(15-22(29-25)32-11-12-34-16-17(32)2)26(3)9-5-13-36(26,33)31-18-6-7-18/h8,10,14-15,17-18H,4-7,9,11-13,16H2,1-3H3,(H,27,30)/t17-,26?,36?/m1/s1. The zero-order chi connectivity index (χ0) is 24.9. The van der Waals surface area contributed by atoms with E-state index < -0.39 is 14.5 Å². The molecule has 0 radical (unpaired) electrons. The van der Waals surface area contributed by atoms with Crippen molar-refractivity contribution in [1.82, 2.24) is 19.9 Å². The Morgan fingerprint density at radius 3 is 2.94 bits per heavy atom. The molecule has 0 aromatic carbocycles. The average Bonchev–Trinajstić information content (AvgIpc) is 3.45. The van der Waals surface area contributed by atoms with Gasteiger partial charge in [-0.05, 0) is 52.5 Å². The van der Waals surface area contributed by atoms with Crippen LogP contribution in [-0.4, -0.2) is 68.3 Å². The lowest BCUT2D eigenvalue weighted by atomic mass is 10.0. The lowest BCUT2D eigenvalue weighted by molar-refractivity contribution is 0.0985. The highest BCUT2D eigenvalue weighted by atomic mass is 32.2. The van der Waals surface area contributed by atoms with Crippen molar-refractivity contribution >= 4 is 26.6 Å². The van der Waals surface area contributed by atoms with Gasteiger partial charge in [0.25, 0.3) is 0 Å². The van der Waals surface area contributed by atoms with Crippen molar-refractivity contribution in [3.63, 3.8) is 0 Å². The van der Waals surface area contributed by atoms with Crippen LogP contribution in [-0.2, 0) is 19.2 Å². The molecule has 0 bridgehead atoms. The summed E-state index contributed by atoms with van der Waals surface area (Å²) in [7, 11) is -2.44. The van der Waals surface area contributed by atoms with Gasteiger partial charge < -0.3 is 19.4 Å². The highest BCUT2D eigenvalue weighted by Crippen LogP contribution is 2.45. The van der Waals surface area contributed by atoms with Gasteiger partial charge >= 0.3 is 0 Å². The SMILES string of the molecule is CCOc1cc(-c2nc(N3CCOC[C@H]3C)cc(C3(C)CCCS3(=O)=NC3CC3)n2)c2cc[nH]c2n1. The molecule has 9 nitrogen and oxygen atoms in total. The van der Waals surface area contributed by atoms with E-state index in [4.69, 9.17) is 23.8 Å². The molecule has 3 aromatic rings. The minimum Gasteiger partial charge on any atom is -0.478 e. The van der Waals surface area contributed by atoms with Crippen molar-refractivity contribution in [3.05, 3.63) is 30.1 Å². The predicted molar refractivity (Wildman–Crippen MR) is 141 cm³/mol. The molecule has 1 aliphatic carbocycles. The monoisotopic (exact) mass is 510 g/mol. The first-order valence-corrected chi connectivity index (χ1v) is 14.7. The van der Waals surface area contributed by atoms with Crippen LogP contribution in [0.2, 0.25) is 0 Å². The number of pyridine rings is 1. The molecule has 10 heteroatoms. The van der Waals surface area contributed by atoms with Gasteiger partial charge in [-0.25, -0.2) is 18.5 Å². The van der Waals surface area contributed by atoms with Gasteiger partial charge in [-0.1, -0.05) is 0 Å². The summed E-state index contributed by atoms with van der Waals surface area (Å²) in [4.78, 5) is 20.3. The second-order valence-electron chi connectivity index (χ2n) is 10.2. The van der Waals surface area contributed by atoms with Crippen LogP contribution in [0.25, 0.3) is 22.4 Å². The number of anilines is 1. The minimum absolute atomic E-state index is 0.176. The quantitative estimate of drug-likeness (QED) is 0.527. The summed E-state index contributed by atoms with van der Waals surface area (Å²) < 4.78 is 30.0. The average molecular weight is 511 g/mol. The fourth-order valence-corrected chi connectivity index (χ4v) is 8.24. The van der Waals surface area contributed by atoms with Gasteiger partial charge in [-0.3, -0.25) is 0 Å². The smallest absolute Gasteiger partial charge is 0.215 e. The lowest BCUT2D eigenvalue weighted by Crippen LogP contribution is -2.44. The van der Waals surface area contributed by atoms with Gasteiger partial charge in [-0.15, -0.1) is 0 Å². The van der Waals surface area contributed by atoms with E-state index in [9.17, 15) is 4.21 Å². The van der Waals surface area contributed by atoms with Crippen LogP contribution in [0.3, 0.4) is 0 Å². The molecule has 6 rings (SSSR count). The summed E-state index contributed by atoms with van der Waals surface area (Å²) in [5.41, 5.74) is 2.39. The van der Waals surface area contributed by atoms with Crippen molar-refractivity contribution in [2.24, 2.45) is 4.36 Å². The third kappa shape index (κ3) is 4.04.